The largest absolute Gasteiger partial charge is 0.387 e. The van der Waals surface area contributed by atoms with Crippen molar-refractivity contribution in [3.63, 3.8) is 0 Å². The molecule has 0 fully saturated rings. The van der Waals surface area contributed by atoms with Gasteiger partial charge in [-0.3, -0.25) is 0 Å². The van der Waals surface area contributed by atoms with E-state index in [4.69, 9.17) is 4.74 Å². The molecule has 0 aliphatic carbocycles. The molecule has 0 aromatic heterocycles. The van der Waals surface area contributed by atoms with Crippen LogP contribution >= 0.6 is 0 Å². The van der Waals surface area contributed by atoms with E-state index in [-0.39, 0.29) is 0 Å². The van der Waals surface area contributed by atoms with E-state index in [1.165, 1.54) is 6.42 Å². The molecule has 90 valence electrons. The maximum Gasteiger partial charge on any atom is 0.0888 e. The molecule has 0 saturated carbocycles. The van der Waals surface area contributed by atoms with Crippen LogP contribution in [0.1, 0.15) is 47.0 Å². The maximum absolute atomic E-state index is 9.91. The Labute approximate surface area is 94.3 Å². The summed E-state index contributed by atoms with van der Waals surface area (Å²) in [5.74, 6) is 0.726. The van der Waals surface area contributed by atoms with Gasteiger partial charge in [0.25, 0.3) is 0 Å². The Hall–Kier alpha value is -0.340. The third-order valence-electron chi connectivity index (χ3n) is 2.17. The van der Waals surface area contributed by atoms with Crippen molar-refractivity contribution in [2.24, 2.45) is 5.92 Å². The van der Waals surface area contributed by atoms with E-state index in [0.717, 1.165) is 24.5 Å². The summed E-state index contributed by atoms with van der Waals surface area (Å²) in [5, 5.41) is 9.91. The van der Waals surface area contributed by atoms with E-state index >= 15 is 0 Å². The van der Waals surface area contributed by atoms with Gasteiger partial charge < -0.3 is 9.84 Å². The summed E-state index contributed by atoms with van der Waals surface area (Å²) in [6, 6.07) is 0. The lowest BCUT2D eigenvalue weighted by atomic mass is 9.99. The highest BCUT2D eigenvalue weighted by atomic mass is 16.5. The molecule has 2 nitrogen and oxygen atoms in total. The topological polar surface area (TPSA) is 29.5 Å². The van der Waals surface area contributed by atoms with Crippen molar-refractivity contribution in [3.8, 4) is 0 Å². The summed E-state index contributed by atoms with van der Waals surface area (Å²) in [6.07, 6.45) is 2.86. The summed E-state index contributed by atoms with van der Waals surface area (Å²) in [5.41, 5.74) is 0.231. The highest BCUT2D eigenvalue weighted by Gasteiger charge is 2.20. The van der Waals surface area contributed by atoms with E-state index in [1.807, 2.05) is 6.92 Å². The van der Waals surface area contributed by atoms with Crippen molar-refractivity contribution in [1.29, 1.82) is 0 Å². The van der Waals surface area contributed by atoms with Gasteiger partial charge in [0, 0.05) is 6.61 Å². The zero-order valence-electron chi connectivity index (χ0n) is 10.7. The first kappa shape index (κ1) is 14.7. The van der Waals surface area contributed by atoms with Crippen molar-refractivity contribution < 1.29 is 9.84 Å². The molecule has 0 aromatic carbocycles. The molecule has 0 aliphatic rings. The number of rotatable bonds is 8. The first-order chi connectivity index (χ1) is 6.83. The van der Waals surface area contributed by atoms with Crippen molar-refractivity contribution in [3.05, 3.63) is 12.2 Å². The highest BCUT2D eigenvalue weighted by Crippen LogP contribution is 2.15. The molecule has 2 heteroatoms. The van der Waals surface area contributed by atoms with E-state index in [2.05, 4.69) is 20.4 Å². The standard InChI is InChI=1S/C13H26O2/c1-11(2)7-6-8-15-10-13(5,14)9-12(3)4/h11,14H,3,6-10H2,1-2,4-5H3. The van der Waals surface area contributed by atoms with Crippen LogP contribution in [0.15, 0.2) is 12.2 Å². The molecular formula is C13H26O2. The van der Waals surface area contributed by atoms with Gasteiger partial charge in [-0.25, -0.2) is 0 Å². The van der Waals surface area contributed by atoms with Gasteiger partial charge in [-0.2, -0.15) is 0 Å². The van der Waals surface area contributed by atoms with Crippen LogP contribution < -0.4 is 0 Å². The lowest BCUT2D eigenvalue weighted by Gasteiger charge is -2.23. The normalized spacial score (nSPS) is 15.3. The average molecular weight is 214 g/mol. The fraction of sp³-hybridized carbons (Fsp3) is 0.846. The molecule has 1 unspecified atom stereocenters. The van der Waals surface area contributed by atoms with Gasteiger partial charge >= 0.3 is 0 Å². The fourth-order valence-electron chi connectivity index (χ4n) is 1.59. The molecule has 0 amide bonds. The molecule has 15 heavy (non-hydrogen) atoms. The molecular weight excluding hydrogens is 188 g/mol. The minimum Gasteiger partial charge on any atom is -0.387 e. The first-order valence-electron chi connectivity index (χ1n) is 5.78. The minimum absolute atomic E-state index is 0.401. The monoisotopic (exact) mass is 214 g/mol. The minimum atomic E-state index is -0.760. The van der Waals surface area contributed by atoms with Crippen molar-refractivity contribution in [2.45, 2.75) is 52.6 Å². The molecule has 0 bridgehead atoms. The van der Waals surface area contributed by atoms with Crippen molar-refractivity contribution in [2.75, 3.05) is 13.2 Å². The molecule has 0 radical (unpaired) electrons. The van der Waals surface area contributed by atoms with Gasteiger partial charge in [-0.15, -0.1) is 6.58 Å². The van der Waals surface area contributed by atoms with Gasteiger partial charge in [0.05, 0.1) is 12.2 Å². The van der Waals surface area contributed by atoms with Gasteiger partial charge in [0.1, 0.15) is 0 Å². The van der Waals surface area contributed by atoms with Crippen LogP contribution in [0.25, 0.3) is 0 Å². The zero-order valence-corrected chi connectivity index (χ0v) is 10.7. The van der Waals surface area contributed by atoms with E-state index in [1.54, 1.807) is 6.92 Å². The molecule has 0 spiro atoms. The average Bonchev–Trinajstić information content (AvgIpc) is 1.99. The van der Waals surface area contributed by atoms with Gasteiger partial charge in [-0.05, 0) is 39.0 Å². The maximum atomic E-state index is 9.91. The highest BCUT2D eigenvalue weighted by molar-refractivity contribution is 4.95. The third kappa shape index (κ3) is 9.95. The van der Waals surface area contributed by atoms with Gasteiger partial charge in [-0.1, -0.05) is 19.4 Å². The van der Waals surface area contributed by atoms with Crippen molar-refractivity contribution >= 4 is 0 Å². The summed E-state index contributed by atoms with van der Waals surface area (Å²) >= 11 is 0. The number of ether oxygens (including phenoxy) is 1. The van der Waals surface area contributed by atoms with E-state index in [0.29, 0.717) is 13.0 Å². The van der Waals surface area contributed by atoms with Crippen LogP contribution in [-0.4, -0.2) is 23.9 Å². The SMILES string of the molecule is C=C(C)CC(C)(O)COCCCC(C)C. The Bertz CT molecular complexity index is 183. The molecule has 1 N–H and O–H groups in total. The summed E-state index contributed by atoms with van der Waals surface area (Å²) in [7, 11) is 0. The fourth-order valence-corrected chi connectivity index (χ4v) is 1.59. The van der Waals surface area contributed by atoms with Crippen LogP contribution in [0.2, 0.25) is 0 Å². The van der Waals surface area contributed by atoms with E-state index < -0.39 is 5.60 Å². The summed E-state index contributed by atoms with van der Waals surface area (Å²) < 4.78 is 5.46. The van der Waals surface area contributed by atoms with Crippen LogP contribution in [0.5, 0.6) is 0 Å². The van der Waals surface area contributed by atoms with Gasteiger partial charge in [0.15, 0.2) is 0 Å². The molecule has 0 heterocycles. The Balaban J connectivity index is 3.53. The number of aliphatic hydroxyl groups is 1. The van der Waals surface area contributed by atoms with Gasteiger partial charge in [0.2, 0.25) is 0 Å². The van der Waals surface area contributed by atoms with E-state index in [9.17, 15) is 5.11 Å². The third-order valence-corrected chi connectivity index (χ3v) is 2.17. The van der Waals surface area contributed by atoms with Crippen LogP contribution in [0, 0.1) is 5.92 Å². The van der Waals surface area contributed by atoms with Crippen LogP contribution in [0.4, 0.5) is 0 Å². The van der Waals surface area contributed by atoms with Crippen LogP contribution in [0.3, 0.4) is 0 Å². The Morgan fingerprint density at radius 3 is 2.53 bits per heavy atom. The quantitative estimate of drug-likeness (QED) is 0.497. The lowest BCUT2D eigenvalue weighted by molar-refractivity contribution is -0.0340. The predicted octanol–water partition coefficient (Wildman–Crippen LogP) is 3.16. The second-order valence-corrected chi connectivity index (χ2v) is 5.22. The summed E-state index contributed by atoms with van der Waals surface area (Å²) in [4.78, 5) is 0. The molecule has 0 aromatic rings. The zero-order chi connectivity index (χ0) is 11.9. The Kier molecular flexibility index (Phi) is 6.86. The number of hydrogen-bond donors (Lipinski definition) is 1. The molecule has 0 aliphatic heterocycles. The molecule has 1 atom stereocenters. The predicted molar refractivity (Wildman–Crippen MR) is 64.9 cm³/mol. The second kappa shape index (κ2) is 7.02. The Morgan fingerprint density at radius 1 is 1.47 bits per heavy atom. The number of hydrogen-bond acceptors (Lipinski definition) is 2. The van der Waals surface area contributed by atoms with Crippen LogP contribution in [-0.2, 0) is 4.74 Å². The molecule has 0 saturated heterocycles. The van der Waals surface area contributed by atoms with Crippen molar-refractivity contribution in [1.82, 2.24) is 0 Å². The smallest absolute Gasteiger partial charge is 0.0888 e. The molecule has 0 rings (SSSR count). The Morgan fingerprint density at radius 2 is 2.07 bits per heavy atom. The lowest BCUT2D eigenvalue weighted by Crippen LogP contribution is -2.31. The summed E-state index contributed by atoms with van der Waals surface area (Å²) in [6.45, 7) is 13.1. The second-order valence-electron chi connectivity index (χ2n) is 5.22. The first-order valence-corrected chi connectivity index (χ1v) is 5.78.